The van der Waals surface area contributed by atoms with Gasteiger partial charge in [-0.05, 0) is 19.3 Å². The van der Waals surface area contributed by atoms with Crippen molar-refractivity contribution in [3.63, 3.8) is 0 Å². The fourth-order valence-corrected chi connectivity index (χ4v) is 2.02. The molecule has 5 heteroatoms. The molecule has 0 spiro atoms. The Kier molecular flexibility index (Phi) is 5.28. The molecular weight excluding hydrogens is 236 g/mol. The van der Waals surface area contributed by atoms with Gasteiger partial charge in [-0.15, -0.1) is 0 Å². The standard InChI is InChI=1S/C13H22O5/c1-4-18-12(16)13(7-10(14)9(2)3)8-17-6-5-11(13)15/h9-10,14H,4-8H2,1-3H3. The lowest BCUT2D eigenvalue weighted by atomic mass is 9.75. The molecule has 2 atom stereocenters. The van der Waals surface area contributed by atoms with Crippen molar-refractivity contribution >= 4 is 11.8 Å². The summed E-state index contributed by atoms with van der Waals surface area (Å²) in [7, 11) is 0. The molecule has 1 aliphatic heterocycles. The van der Waals surface area contributed by atoms with E-state index in [1.165, 1.54) is 0 Å². The maximum atomic E-state index is 12.1. The van der Waals surface area contributed by atoms with Crippen LogP contribution in [0.15, 0.2) is 0 Å². The third-order valence-corrected chi connectivity index (χ3v) is 3.35. The van der Waals surface area contributed by atoms with Crippen LogP contribution in [0.3, 0.4) is 0 Å². The number of ether oxygens (including phenoxy) is 2. The first kappa shape index (κ1) is 15.1. The number of carbonyl (C=O) groups excluding carboxylic acids is 2. The third-order valence-electron chi connectivity index (χ3n) is 3.35. The van der Waals surface area contributed by atoms with E-state index in [-0.39, 0.29) is 37.8 Å². The predicted molar refractivity (Wildman–Crippen MR) is 65.0 cm³/mol. The number of aliphatic hydroxyl groups excluding tert-OH is 1. The third kappa shape index (κ3) is 3.09. The van der Waals surface area contributed by atoms with Gasteiger partial charge in [0.25, 0.3) is 0 Å². The average Bonchev–Trinajstić information content (AvgIpc) is 2.32. The van der Waals surface area contributed by atoms with E-state index < -0.39 is 17.5 Å². The van der Waals surface area contributed by atoms with E-state index in [1.807, 2.05) is 13.8 Å². The van der Waals surface area contributed by atoms with Gasteiger partial charge in [0.2, 0.25) is 0 Å². The first-order chi connectivity index (χ1) is 8.44. The van der Waals surface area contributed by atoms with Crippen LogP contribution in [0.5, 0.6) is 0 Å². The SMILES string of the molecule is CCOC(=O)C1(CC(O)C(C)C)COCCC1=O. The van der Waals surface area contributed by atoms with Crippen molar-refractivity contribution in [1.82, 2.24) is 0 Å². The molecule has 0 aromatic heterocycles. The van der Waals surface area contributed by atoms with Crippen molar-refractivity contribution in [2.24, 2.45) is 11.3 Å². The molecule has 1 aliphatic rings. The van der Waals surface area contributed by atoms with Crippen molar-refractivity contribution in [1.29, 1.82) is 0 Å². The molecule has 104 valence electrons. The van der Waals surface area contributed by atoms with Crippen molar-refractivity contribution in [3.05, 3.63) is 0 Å². The summed E-state index contributed by atoms with van der Waals surface area (Å²) in [6, 6.07) is 0. The highest BCUT2D eigenvalue weighted by atomic mass is 16.5. The van der Waals surface area contributed by atoms with Gasteiger partial charge in [0.05, 0.1) is 25.9 Å². The van der Waals surface area contributed by atoms with Crippen LogP contribution in [-0.2, 0) is 19.1 Å². The second kappa shape index (κ2) is 6.29. The topological polar surface area (TPSA) is 72.8 Å². The van der Waals surface area contributed by atoms with Crippen LogP contribution in [0.1, 0.15) is 33.6 Å². The molecule has 1 heterocycles. The quantitative estimate of drug-likeness (QED) is 0.586. The Balaban J connectivity index is 2.93. The zero-order valence-electron chi connectivity index (χ0n) is 11.3. The molecule has 1 rings (SSSR count). The van der Waals surface area contributed by atoms with Crippen LogP contribution in [0.2, 0.25) is 0 Å². The minimum Gasteiger partial charge on any atom is -0.465 e. The lowest BCUT2D eigenvalue weighted by Gasteiger charge is -2.35. The van der Waals surface area contributed by atoms with Crippen LogP contribution in [0.25, 0.3) is 0 Å². The predicted octanol–water partition coefficient (Wildman–Crippen LogP) is 0.932. The molecule has 1 saturated heterocycles. The molecule has 1 N–H and O–H groups in total. The lowest BCUT2D eigenvalue weighted by molar-refractivity contribution is -0.172. The number of hydrogen-bond acceptors (Lipinski definition) is 5. The fourth-order valence-electron chi connectivity index (χ4n) is 2.02. The monoisotopic (exact) mass is 258 g/mol. The molecule has 0 saturated carbocycles. The summed E-state index contributed by atoms with van der Waals surface area (Å²) in [5, 5.41) is 9.96. The van der Waals surface area contributed by atoms with E-state index >= 15 is 0 Å². The summed E-state index contributed by atoms with van der Waals surface area (Å²) in [4.78, 5) is 24.2. The van der Waals surface area contributed by atoms with Crippen LogP contribution >= 0.6 is 0 Å². The Morgan fingerprint density at radius 2 is 2.22 bits per heavy atom. The van der Waals surface area contributed by atoms with E-state index in [2.05, 4.69) is 0 Å². The van der Waals surface area contributed by atoms with Crippen LogP contribution in [0.4, 0.5) is 0 Å². The second-order valence-corrected chi connectivity index (χ2v) is 5.04. The summed E-state index contributed by atoms with van der Waals surface area (Å²) in [5.74, 6) is -0.785. The lowest BCUT2D eigenvalue weighted by Crippen LogP contribution is -2.50. The smallest absolute Gasteiger partial charge is 0.322 e. The molecule has 2 unspecified atom stereocenters. The fraction of sp³-hybridized carbons (Fsp3) is 0.846. The van der Waals surface area contributed by atoms with E-state index in [4.69, 9.17) is 9.47 Å². The maximum Gasteiger partial charge on any atom is 0.322 e. The van der Waals surface area contributed by atoms with Crippen molar-refractivity contribution in [3.8, 4) is 0 Å². The Hall–Kier alpha value is -0.940. The highest BCUT2D eigenvalue weighted by Gasteiger charge is 2.50. The molecule has 5 nitrogen and oxygen atoms in total. The summed E-state index contributed by atoms with van der Waals surface area (Å²) in [5.41, 5.74) is -1.32. The Labute approximate surface area is 107 Å². The van der Waals surface area contributed by atoms with Crippen LogP contribution < -0.4 is 0 Å². The van der Waals surface area contributed by atoms with E-state index in [0.29, 0.717) is 6.61 Å². The Morgan fingerprint density at radius 1 is 1.56 bits per heavy atom. The molecule has 0 radical (unpaired) electrons. The summed E-state index contributed by atoms with van der Waals surface area (Å²) >= 11 is 0. The van der Waals surface area contributed by atoms with Gasteiger partial charge in [-0.25, -0.2) is 0 Å². The summed E-state index contributed by atoms with van der Waals surface area (Å²) < 4.78 is 10.3. The maximum absolute atomic E-state index is 12.1. The normalized spacial score (nSPS) is 26.2. The summed E-state index contributed by atoms with van der Waals surface area (Å²) in [6.07, 6.45) is -0.452. The van der Waals surface area contributed by atoms with Crippen LogP contribution in [-0.4, -0.2) is 42.8 Å². The molecule has 0 amide bonds. The molecule has 0 aliphatic carbocycles. The molecule has 0 aromatic rings. The van der Waals surface area contributed by atoms with Gasteiger partial charge in [0.1, 0.15) is 0 Å². The first-order valence-electron chi connectivity index (χ1n) is 6.40. The highest BCUT2D eigenvalue weighted by molar-refractivity contribution is 6.04. The number of esters is 1. The van der Waals surface area contributed by atoms with E-state index in [1.54, 1.807) is 6.92 Å². The molecule has 0 aromatic carbocycles. The molecule has 18 heavy (non-hydrogen) atoms. The van der Waals surface area contributed by atoms with Gasteiger partial charge < -0.3 is 14.6 Å². The largest absolute Gasteiger partial charge is 0.465 e. The van der Waals surface area contributed by atoms with Gasteiger partial charge in [-0.2, -0.15) is 0 Å². The average molecular weight is 258 g/mol. The Bertz CT molecular complexity index is 313. The summed E-state index contributed by atoms with van der Waals surface area (Å²) in [6.45, 7) is 5.94. The number of rotatable bonds is 5. The van der Waals surface area contributed by atoms with Gasteiger partial charge in [-0.3, -0.25) is 9.59 Å². The van der Waals surface area contributed by atoms with Gasteiger partial charge >= 0.3 is 5.97 Å². The van der Waals surface area contributed by atoms with Gasteiger partial charge in [0.15, 0.2) is 11.2 Å². The Morgan fingerprint density at radius 3 is 2.72 bits per heavy atom. The van der Waals surface area contributed by atoms with E-state index in [9.17, 15) is 14.7 Å². The number of Topliss-reactive ketones (excluding diaryl/α,β-unsaturated/α-hetero) is 1. The zero-order chi connectivity index (χ0) is 13.8. The molecular formula is C13H22O5. The second-order valence-electron chi connectivity index (χ2n) is 5.04. The number of carbonyl (C=O) groups is 2. The van der Waals surface area contributed by atoms with Crippen molar-refractivity contribution in [2.45, 2.75) is 39.7 Å². The highest BCUT2D eigenvalue weighted by Crippen LogP contribution is 2.33. The number of ketones is 1. The minimum absolute atomic E-state index is 0.00838. The van der Waals surface area contributed by atoms with Gasteiger partial charge in [-0.1, -0.05) is 13.8 Å². The van der Waals surface area contributed by atoms with Crippen molar-refractivity contribution in [2.75, 3.05) is 19.8 Å². The zero-order valence-corrected chi connectivity index (χ0v) is 11.3. The minimum atomic E-state index is -1.32. The number of hydrogen-bond donors (Lipinski definition) is 1. The first-order valence-corrected chi connectivity index (χ1v) is 6.40. The van der Waals surface area contributed by atoms with Gasteiger partial charge in [0, 0.05) is 6.42 Å². The van der Waals surface area contributed by atoms with Crippen LogP contribution in [0, 0.1) is 11.3 Å². The van der Waals surface area contributed by atoms with Crippen molar-refractivity contribution < 1.29 is 24.2 Å². The van der Waals surface area contributed by atoms with E-state index in [0.717, 1.165) is 0 Å². The molecule has 0 bridgehead atoms. The molecule has 1 fully saturated rings. The number of aliphatic hydroxyl groups is 1.